The maximum Gasteiger partial charge on any atom is 0.188 e. The number of ether oxygens (including phenoxy) is 1. The van der Waals surface area contributed by atoms with E-state index >= 15 is 0 Å². The van der Waals surface area contributed by atoms with Crippen LogP contribution in [0, 0.1) is 46.3 Å². The van der Waals surface area contributed by atoms with E-state index in [4.69, 9.17) is 4.74 Å². The molecule has 0 bridgehead atoms. The highest BCUT2D eigenvalue weighted by atomic mass is 16.5. The summed E-state index contributed by atoms with van der Waals surface area (Å²) in [5.74, 6) is 5.38. The van der Waals surface area contributed by atoms with E-state index in [0.29, 0.717) is 30.1 Å². The van der Waals surface area contributed by atoms with Crippen LogP contribution >= 0.6 is 0 Å². The zero-order valence-corrected chi connectivity index (χ0v) is 28.7. The maximum atomic E-state index is 12.9. The van der Waals surface area contributed by atoms with Crippen LogP contribution in [0.15, 0.2) is 48.1 Å². The summed E-state index contributed by atoms with van der Waals surface area (Å²) in [6.07, 6.45) is 21.5. The minimum Gasteiger partial charge on any atom is -0.382 e. The van der Waals surface area contributed by atoms with Crippen molar-refractivity contribution >= 4 is 28.3 Å². The van der Waals surface area contributed by atoms with Crippen LogP contribution in [-0.2, 0) is 4.74 Å². The third-order valence-corrected chi connectivity index (χ3v) is 13.8. The van der Waals surface area contributed by atoms with Crippen molar-refractivity contribution in [2.45, 2.75) is 111 Å². The molecule has 0 amide bonds. The molecule has 0 heterocycles. The number of anilines is 1. The number of benzene rings is 2. The topological polar surface area (TPSA) is 38.3 Å². The van der Waals surface area contributed by atoms with E-state index < -0.39 is 0 Å². The van der Waals surface area contributed by atoms with Gasteiger partial charge < -0.3 is 10.1 Å². The lowest BCUT2D eigenvalue weighted by Crippen LogP contribution is -2.51. The number of ketones is 1. The Balaban J connectivity index is 0.955. The van der Waals surface area contributed by atoms with Gasteiger partial charge in [0.2, 0.25) is 0 Å². The number of carbonyl (C=O) groups excluding carboxylic acids is 1. The second kappa shape index (κ2) is 12.3. The Morgan fingerprint density at radius 2 is 1.82 bits per heavy atom. The van der Waals surface area contributed by atoms with Crippen LogP contribution in [0.3, 0.4) is 0 Å². The van der Waals surface area contributed by atoms with Crippen molar-refractivity contribution in [2.75, 3.05) is 18.5 Å². The van der Waals surface area contributed by atoms with Gasteiger partial charge in [-0.2, -0.15) is 0 Å². The quantitative estimate of drug-likeness (QED) is 0.216. The fraction of sp³-hybridized carbons (Fsp3) is 0.643. The van der Waals surface area contributed by atoms with Gasteiger partial charge in [-0.25, -0.2) is 0 Å². The molecule has 2 aromatic carbocycles. The van der Waals surface area contributed by atoms with Crippen molar-refractivity contribution in [2.24, 2.45) is 46.3 Å². The number of allylic oxidation sites excluding steroid dienone is 2. The highest BCUT2D eigenvalue weighted by molar-refractivity contribution is 6.23. The van der Waals surface area contributed by atoms with Crippen molar-refractivity contribution in [3.05, 3.63) is 59.2 Å². The van der Waals surface area contributed by atoms with Gasteiger partial charge in [0.05, 0.1) is 18.3 Å². The van der Waals surface area contributed by atoms with Gasteiger partial charge in [0, 0.05) is 17.6 Å². The zero-order valence-electron chi connectivity index (χ0n) is 28.7. The molecular weight excluding hydrogens is 550 g/mol. The first-order valence-electron chi connectivity index (χ1n) is 18.5. The summed E-state index contributed by atoms with van der Waals surface area (Å²) < 4.78 is 6.53. The molecule has 242 valence electrons. The van der Waals surface area contributed by atoms with Gasteiger partial charge in [-0.3, -0.25) is 4.79 Å². The van der Waals surface area contributed by atoms with Crippen LogP contribution < -0.4 is 5.32 Å². The van der Waals surface area contributed by atoms with Crippen molar-refractivity contribution in [3.8, 4) is 0 Å². The van der Waals surface area contributed by atoms with Crippen LogP contribution in [0.2, 0.25) is 0 Å². The SMILES string of the molecule is CC(C)CCC[C@H](C)[C@@H]1CC[C@@H]2[C@H]3CC=C4C[C@H](OCCNc5ccc6cccc7c6c5C(=O)C=C7)CC[C@@]4(C)[C@@H]3CC[C@]21C. The summed E-state index contributed by atoms with van der Waals surface area (Å²) in [6.45, 7) is 14.1. The molecule has 2 aromatic rings. The molecule has 5 aliphatic rings. The Kier molecular flexibility index (Phi) is 8.55. The van der Waals surface area contributed by atoms with Crippen LogP contribution in [0.25, 0.3) is 16.8 Å². The molecule has 3 heteroatoms. The van der Waals surface area contributed by atoms with E-state index in [1.807, 2.05) is 6.08 Å². The largest absolute Gasteiger partial charge is 0.382 e. The number of hydrogen-bond acceptors (Lipinski definition) is 3. The van der Waals surface area contributed by atoms with Crippen molar-refractivity contribution < 1.29 is 9.53 Å². The van der Waals surface area contributed by atoms with Gasteiger partial charge in [-0.1, -0.05) is 95.9 Å². The van der Waals surface area contributed by atoms with Gasteiger partial charge >= 0.3 is 0 Å². The molecule has 3 saturated carbocycles. The predicted octanol–water partition coefficient (Wildman–Crippen LogP) is 10.9. The summed E-state index contributed by atoms with van der Waals surface area (Å²) >= 11 is 0. The average Bonchev–Trinajstić information content (AvgIpc) is 3.38. The smallest absolute Gasteiger partial charge is 0.188 e. The molecule has 5 aliphatic carbocycles. The molecule has 0 aromatic heterocycles. The van der Waals surface area contributed by atoms with E-state index in [2.05, 4.69) is 76.3 Å². The first-order valence-corrected chi connectivity index (χ1v) is 18.5. The van der Waals surface area contributed by atoms with Crippen molar-refractivity contribution in [1.29, 1.82) is 0 Å². The minimum absolute atomic E-state index is 0.0872. The van der Waals surface area contributed by atoms with E-state index in [0.717, 1.165) is 69.5 Å². The molecule has 45 heavy (non-hydrogen) atoms. The Bertz CT molecular complexity index is 1490. The molecular formula is C42H57NO2. The monoisotopic (exact) mass is 607 g/mol. The van der Waals surface area contributed by atoms with E-state index in [1.54, 1.807) is 11.6 Å². The summed E-state index contributed by atoms with van der Waals surface area (Å²) in [5.41, 5.74) is 5.48. The van der Waals surface area contributed by atoms with Crippen LogP contribution in [-0.4, -0.2) is 25.0 Å². The highest BCUT2D eigenvalue weighted by Crippen LogP contribution is 2.67. The summed E-state index contributed by atoms with van der Waals surface area (Å²) in [4.78, 5) is 12.9. The Hall–Kier alpha value is -2.39. The Labute approximate surface area is 272 Å². The lowest BCUT2D eigenvalue weighted by molar-refractivity contribution is -0.0632. The van der Waals surface area contributed by atoms with E-state index in [9.17, 15) is 4.79 Å². The molecule has 0 unspecified atom stereocenters. The molecule has 7 rings (SSSR count). The van der Waals surface area contributed by atoms with Crippen molar-refractivity contribution in [3.63, 3.8) is 0 Å². The Morgan fingerprint density at radius 1 is 0.956 bits per heavy atom. The minimum atomic E-state index is 0.0872. The number of carbonyl (C=O) groups is 1. The van der Waals surface area contributed by atoms with Crippen molar-refractivity contribution in [1.82, 2.24) is 0 Å². The van der Waals surface area contributed by atoms with Gasteiger partial charge in [0.25, 0.3) is 0 Å². The lowest BCUT2D eigenvalue weighted by Gasteiger charge is -2.58. The van der Waals surface area contributed by atoms with Gasteiger partial charge in [-0.15, -0.1) is 0 Å². The second-order valence-electron chi connectivity index (χ2n) is 16.6. The van der Waals surface area contributed by atoms with Crippen LogP contribution in [0.1, 0.15) is 121 Å². The summed E-state index contributed by atoms with van der Waals surface area (Å²) in [6, 6.07) is 10.4. The molecule has 8 atom stereocenters. The fourth-order valence-electron chi connectivity index (χ4n) is 11.4. The molecule has 0 spiro atoms. The second-order valence-corrected chi connectivity index (χ2v) is 16.6. The zero-order chi connectivity index (χ0) is 31.3. The first-order chi connectivity index (χ1) is 21.7. The van der Waals surface area contributed by atoms with E-state index in [-0.39, 0.29) is 5.78 Å². The average molecular weight is 608 g/mol. The fourth-order valence-corrected chi connectivity index (χ4v) is 11.4. The van der Waals surface area contributed by atoms with Crippen LogP contribution in [0.5, 0.6) is 0 Å². The highest BCUT2D eigenvalue weighted by Gasteiger charge is 2.59. The number of nitrogens with one attached hydrogen (secondary N) is 1. The molecule has 3 nitrogen and oxygen atoms in total. The van der Waals surface area contributed by atoms with E-state index in [1.165, 1.54) is 64.2 Å². The Morgan fingerprint density at radius 3 is 2.67 bits per heavy atom. The standard InChI is InChI=1S/C42H57NO2/c1-27(2)8-6-9-28(3)34-16-17-35-33-15-14-31-26-32(20-22-41(31,4)36(33)21-23-42(34,35)5)45-25-24-43-37-18-12-29-10-7-11-30-13-19-38(44)40(37)39(29)30/h7,10-14,18-19,27-28,32-36,43H,6,8-9,15-17,20-26H2,1-5H3/t28-,32+,33+,34-,35+,36+,41+,42-/m0/s1. The van der Waals surface area contributed by atoms with Gasteiger partial charge in [0.1, 0.15) is 0 Å². The van der Waals surface area contributed by atoms with Gasteiger partial charge in [0.15, 0.2) is 5.78 Å². The summed E-state index contributed by atoms with van der Waals surface area (Å²) in [7, 11) is 0. The van der Waals surface area contributed by atoms with Crippen LogP contribution in [0.4, 0.5) is 5.69 Å². The molecule has 3 fully saturated rings. The predicted molar refractivity (Wildman–Crippen MR) is 189 cm³/mol. The third kappa shape index (κ3) is 5.53. The molecule has 1 N–H and O–H groups in total. The number of rotatable bonds is 10. The normalized spacial score (nSPS) is 34.3. The number of fused-ring (bicyclic) bond motifs is 5. The van der Waals surface area contributed by atoms with Gasteiger partial charge in [-0.05, 0) is 121 Å². The molecule has 0 aliphatic heterocycles. The molecule has 0 saturated heterocycles. The summed E-state index contributed by atoms with van der Waals surface area (Å²) in [5, 5.41) is 5.74. The molecule has 0 radical (unpaired) electrons. The number of hydrogen-bond donors (Lipinski definition) is 1. The maximum absolute atomic E-state index is 12.9. The lowest BCUT2D eigenvalue weighted by atomic mass is 9.47. The third-order valence-electron chi connectivity index (χ3n) is 13.8. The first kappa shape index (κ1) is 31.2.